The number of Topliss-reactive ketones (excluding diaryl/α,β-unsaturated/α-hetero) is 1. The second-order valence-electron chi connectivity index (χ2n) is 3.70. The number of methoxy groups -OCH3 is 1. The van der Waals surface area contributed by atoms with Crippen molar-refractivity contribution in [3.05, 3.63) is 30.1 Å². The number of esters is 1. The number of carbonyl (C=O) groups excluding carboxylic acids is 2. The van der Waals surface area contributed by atoms with Crippen LogP contribution in [0.2, 0.25) is 0 Å². The maximum atomic E-state index is 11.9. The van der Waals surface area contributed by atoms with E-state index in [0.717, 1.165) is 11.0 Å². The third kappa shape index (κ3) is 2.04. The summed E-state index contributed by atoms with van der Waals surface area (Å²) in [6.45, 7) is 0. The van der Waals surface area contributed by atoms with Crippen molar-refractivity contribution < 1.29 is 14.3 Å². The maximum absolute atomic E-state index is 11.9. The van der Waals surface area contributed by atoms with Gasteiger partial charge >= 0.3 is 5.97 Å². The van der Waals surface area contributed by atoms with Crippen molar-refractivity contribution in [1.29, 1.82) is 0 Å². The van der Waals surface area contributed by atoms with Crippen LogP contribution in [-0.2, 0) is 16.6 Å². The fraction of sp³-hybridized carbons (Fsp3) is 0.250. The Morgan fingerprint density at radius 1 is 1.47 bits per heavy atom. The number of rotatable bonds is 3. The van der Waals surface area contributed by atoms with Crippen LogP contribution in [0.3, 0.4) is 0 Å². The molecule has 0 aliphatic heterocycles. The summed E-state index contributed by atoms with van der Waals surface area (Å²) in [6.07, 6.45) is 3.10. The largest absolute Gasteiger partial charge is 0.469 e. The molecule has 0 atom stereocenters. The Hall–Kier alpha value is -2.17. The van der Waals surface area contributed by atoms with Gasteiger partial charge in [0.05, 0.1) is 7.11 Å². The standard InChI is InChI=1S/C12H12N2O3/c1-14-7-9(10(15)6-11(16)17-2)8-4-3-5-13-12(8)14/h3-5,7H,6H2,1-2H3. The normalized spacial score (nSPS) is 10.5. The van der Waals surface area contributed by atoms with Crippen LogP contribution in [0.5, 0.6) is 0 Å². The smallest absolute Gasteiger partial charge is 0.313 e. The zero-order valence-corrected chi connectivity index (χ0v) is 9.64. The minimum atomic E-state index is -0.532. The summed E-state index contributed by atoms with van der Waals surface area (Å²) in [7, 11) is 3.07. The summed E-state index contributed by atoms with van der Waals surface area (Å²) in [6, 6.07) is 3.57. The fourth-order valence-corrected chi connectivity index (χ4v) is 1.73. The van der Waals surface area contributed by atoms with Gasteiger partial charge < -0.3 is 9.30 Å². The number of ether oxygens (including phenoxy) is 1. The van der Waals surface area contributed by atoms with E-state index in [1.165, 1.54) is 7.11 Å². The van der Waals surface area contributed by atoms with Crippen LogP contribution >= 0.6 is 0 Å². The van der Waals surface area contributed by atoms with Crippen LogP contribution in [0.25, 0.3) is 11.0 Å². The zero-order chi connectivity index (χ0) is 12.4. The number of nitrogens with zero attached hydrogens (tertiary/aromatic N) is 2. The van der Waals surface area contributed by atoms with Gasteiger partial charge in [0, 0.05) is 30.4 Å². The van der Waals surface area contributed by atoms with Crippen molar-refractivity contribution in [2.45, 2.75) is 6.42 Å². The number of carbonyl (C=O) groups is 2. The molecule has 0 aliphatic carbocycles. The number of pyridine rings is 1. The molecule has 0 saturated heterocycles. The Balaban J connectivity index is 2.42. The molecular formula is C12H12N2O3. The molecule has 2 heterocycles. The van der Waals surface area contributed by atoms with Gasteiger partial charge in [-0.3, -0.25) is 9.59 Å². The molecule has 5 nitrogen and oxygen atoms in total. The van der Waals surface area contributed by atoms with Crippen LogP contribution < -0.4 is 0 Å². The molecule has 0 radical (unpaired) electrons. The molecule has 2 aromatic rings. The highest BCUT2D eigenvalue weighted by Crippen LogP contribution is 2.19. The van der Waals surface area contributed by atoms with E-state index < -0.39 is 5.97 Å². The van der Waals surface area contributed by atoms with Gasteiger partial charge in [-0.05, 0) is 12.1 Å². The minimum absolute atomic E-state index is 0.246. The van der Waals surface area contributed by atoms with Gasteiger partial charge in [-0.15, -0.1) is 0 Å². The molecule has 88 valence electrons. The highest BCUT2D eigenvalue weighted by molar-refractivity contribution is 6.12. The van der Waals surface area contributed by atoms with Crippen molar-refractivity contribution in [1.82, 2.24) is 9.55 Å². The van der Waals surface area contributed by atoms with Crippen LogP contribution in [0.15, 0.2) is 24.5 Å². The monoisotopic (exact) mass is 232 g/mol. The summed E-state index contributed by atoms with van der Waals surface area (Å²) in [5, 5.41) is 0.754. The van der Waals surface area contributed by atoms with Gasteiger partial charge in [-0.25, -0.2) is 4.98 Å². The second kappa shape index (κ2) is 4.37. The van der Waals surface area contributed by atoms with Crippen LogP contribution in [0.4, 0.5) is 0 Å². The third-order valence-corrected chi connectivity index (χ3v) is 2.57. The Kier molecular flexibility index (Phi) is 2.91. The van der Waals surface area contributed by atoms with Crippen LogP contribution in [0.1, 0.15) is 16.8 Å². The van der Waals surface area contributed by atoms with Crippen molar-refractivity contribution in [3.63, 3.8) is 0 Å². The molecule has 0 amide bonds. The molecule has 2 rings (SSSR count). The van der Waals surface area contributed by atoms with Crippen molar-refractivity contribution in [2.75, 3.05) is 7.11 Å². The van der Waals surface area contributed by atoms with Gasteiger partial charge in [0.2, 0.25) is 0 Å². The maximum Gasteiger partial charge on any atom is 0.313 e. The van der Waals surface area contributed by atoms with E-state index in [1.54, 1.807) is 23.0 Å². The van der Waals surface area contributed by atoms with Crippen molar-refractivity contribution in [2.24, 2.45) is 7.05 Å². The summed E-state index contributed by atoms with van der Waals surface area (Å²) in [5.41, 5.74) is 1.22. The molecule has 0 N–H and O–H groups in total. The lowest BCUT2D eigenvalue weighted by atomic mass is 10.1. The summed E-state index contributed by atoms with van der Waals surface area (Å²) in [5.74, 6) is -0.786. The first-order valence-corrected chi connectivity index (χ1v) is 5.13. The topological polar surface area (TPSA) is 61.2 Å². The van der Waals surface area contributed by atoms with E-state index >= 15 is 0 Å². The SMILES string of the molecule is COC(=O)CC(=O)c1cn(C)c2ncccc12. The number of fused-ring (bicyclic) bond motifs is 1. The molecule has 0 aliphatic rings. The van der Waals surface area contributed by atoms with E-state index in [-0.39, 0.29) is 12.2 Å². The molecule has 0 aromatic carbocycles. The first-order chi connectivity index (χ1) is 8.13. The molecule has 0 spiro atoms. The number of aryl methyl sites for hydroxylation is 1. The Bertz CT molecular complexity index is 586. The van der Waals surface area contributed by atoms with Gasteiger partial charge in [0.1, 0.15) is 12.1 Å². The lowest BCUT2D eigenvalue weighted by Gasteiger charge is -1.97. The highest BCUT2D eigenvalue weighted by Gasteiger charge is 2.17. The summed E-state index contributed by atoms with van der Waals surface area (Å²) in [4.78, 5) is 27.1. The van der Waals surface area contributed by atoms with E-state index in [4.69, 9.17) is 0 Å². The average Bonchev–Trinajstić information content (AvgIpc) is 2.67. The molecule has 17 heavy (non-hydrogen) atoms. The molecule has 0 fully saturated rings. The van der Waals surface area contributed by atoms with Crippen molar-refractivity contribution in [3.8, 4) is 0 Å². The molecule has 5 heteroatoms. The lowest BCUT2D eigenvalue weighted by Crippen LogP contribution is -2.09. The van der Waals surface area contributed by atoms with E-state index in [1.807, 2.05) is 13.1 Å². The number of hydrogen-bond donors (Lipinski definition) is 0. The lowest BCUT2D eigenvalue weighted by molar-refractivity contribution is -0.139. The second-order valence-corrected chi connectivity index (χ2v) is 3.70. The van der Waals surface area contributed by atoms with E-state index in [9.17, 15) is 9.59 Å². The average molecular weight is 232 g/mol. The fourth-order valence-electron chi connectivity index (χ4n) is 1.73. The summed E-state index contributed by atoms with van der Waals surface area (Å²) < 4.78 is 6.24. The van der Waals surface area contributed by atoms with Gasteiger partial charge in [0.25, 0.3) is 0 Å². The number of hydrogen-bond acceptors (Lipinski definition) is 4. The first kappa shape index (κ1) is 11.3. The minimum Gasteiger partial charge on any atom is -0.469 e. The van der Waals surface area contributed by atoms with E-state index in [0.29, 0.717) is 5.56 Å². The molecule has 0 saturated carbocycles. The van der Waals surface area contributed by atoms with Crippen LogP contribution in [-0.4, -0.2) is 28.4 Å². The number of aromatic nitrogens is 2. The predicted molar refractivity (Wildman–Crippen MR) is 61.7 cm³/mol. The first-order valence-electron chi connectivity index (χ1n) is 5.13. The quantitative estimate of drug-likeness (QED) is 0.455. The molecular weight excluding hydrogens is 220 g/mol. The van der Waals surface area contributed by atoms with Crippen LogP contribution in [0, 0.1) is 0 Å². The Morgan fingerprint density at radius 2 is 2.24 bits per heavy atom. The Morgan fingerprint density at radius 3 is 2.94 bits per heavy atom. The molecule has 2 aromatic heterocycles. The molecule has 0 unspecified atom stereocenters. The number of ketones is 1. The van der Waals surface area contributed by atoms with Crippen molar-refractivity contribution >= 4 is 22.8 Å². The predicted octanol–water partition coefficient (Wildman–Crippen LogP) is 1.32. The third-order valence-electron chi connectivity index (χ3n) is 2.57. The highest BCUT2D eigenvalue weighted by atomic mass is 16.5. The summed E-state index contributed by atoms with van der Waals surface area (Å²) >= 11 is 0. The zero-order valence-electron chi connectivity index (χ0n) is 9.64. The van der Waals surface area contributed by atoms with Gasteiger partial charge in [-0.1, -0.05) is 0 Å². The van der Waals surface area contributed by atoms with Gasteiger partial charge in [-0.2, -0.15) is 0 Å². The molecule has 0 bridgehead atoms. The van der Waals surface area contributed by atoms with E-state index in [2.05, 4.69) is 9.72 Å². The Labute approximate surface area is 98.0 Å². The van der Waals surface area contributed by atoms with Gasteiger partial charge in [0.15, 0.2) is 5.78 Å².